The monoisotopic (exact) mass is 494 g/mol. The summed E-state index contributed by atoms with van der Waals surface area (Å²) in [5.41, 5.74) is -9.73. The molecular weight excluding hydrogens is 450 g/mol. The molecule has 5 atom stereocenters. The van der Waals surface area contributed by atoms with E-state index < -0.39 is 60.6 Å². The van der Waals surface area contributed by atoms with Gasteiger partial charge in [0.1, 0.15) is 0 Å². The summed E-state index contributed by atoms with van der Waals surface area (Å²) in [5, 5.41) is 30.8. The first-order valence-corrected chi connectivity index (χ1v) is 11.2. The summed E-state index contributed by atoms with van der Waals surface area (Å²) in [5.74, 6) is -0.475. The third-order valence-electron chi connectivity index (χ3n) is 8.02. The minimum Gasteiger partial charge on any atom is -0.393 e. The number of halogens is 6. The number of aliphatic hydroxyl groups excluding tert-OH is 1. The Morgan fingerprint density at radius 3 is 2.15 bits per heavy atom. The summed E-state index contributed by atoms with van der Waals surface area (Å²) in [6.07, 6.45) is -10.7. The Bertz CT molecular complexity index is 860. The molecule has 0 spiro atoms. The maximum atomic E-state index is 13.2. The van der Waals surface area contributed by atoms with Gasteiger partial charge in [-0.05, 0) is 87.4 Å². The third kappa shape index (κ3) is 5.89. The van der Waals surface area contributed by atoms with Gasteiger partial charge in [-0.15, -0.1) is 0 Å². The molecule has 0 bridgehead atoms. The second-order valence-electron chi connectivity index (χ2n) is 10.4. The van der Waals surface area contributed by atoms with Crippen molar-refractivity contribution in [1.29, 1.82) is 0 Å². The Kier molecular flexibility index (Phi) is 5.77. The van der Waals surface area contributed by atoms with Gasteiger partial charge in [0, 0.05) is 8.22 Å². The van der Waals surface area contributed by atoms with Crippen LogP contribution in [0.15, 0.2) is 12.2 Å². The molecule has 2 rings (SSSR count). The van der Waals surface area contributed by atoms with Crippen LogP contribution in [0.4, 0.5) is 26.3 Å². The number of aliphatic hydroxyl groups is 3. The molecule has 0 radical (unpaired) electrons. The molecule has 3 N–H and O–H groups in total. The number of hydrogen-bond donors (Lipinski definition) is 3. The lowest BCUT2D eigenvalue weighted by atomic mass is 9.56. The molecular formula is C24H38F6O3. The summed E-state index contributed by atoms with van der Waals surface area (Å²) in [7, 11) is 0. The maximum absolute atomic E-state index is 13.2. The van der Waals surface area contributed by atoms with Gasteiger partial charge in [0.2, 0.25) is 0 Å². The minimum absolute atomic E-state index is 0.0225. The van der Waals surface area contributed by atoms with E-state index in [0.717, 1.165) is 0 Å². The lowest BCUT2D eigenvalue weighted by Crippen LogP contribution is -2.55. The Hall–Kier alpha value is -0.800. The number of rotatable bonds is 8. The fraction of sp³-hybridized carbons (Fsp3) is 0.917. The van der Waals surface area contributed by atoms with Gasteiger partial charge >= 0.3 is 12.4 Å². The van der Waals surface area contributed by atoms with Crippen molar-refractivity contribution >= 4 is 0 Å². The lowest BCUT2D eigenvalue weighted by molar-refractivity contribution is -0.347. The van der Waals surface area contributed by atoms with Crippen molar-refractivity contribution in [3.05, 3.63) is 12.2 Å². The van der Waals surface area contributed by atoms with Crippen molar-refractivity contribution in [2.24, 2.45) is 22.7 Å². The summed E-state index contributed by atoms with van der Waals surface area (Å²) in [4.78, 5) is 0. The second-order valence-corrected chi connectivity index (χ2v) is 10.4. The molecule has 2 saturated carbocycles. The molecule has 0 unspecified atom stereocenters. The predicted molar refractivity (Wildman–Crippen MR) is 113 cm³/mol. The molecule has 33 heavy (non-hydrogen) atoms. The van der Waals surface area contributed by atoms with Gasteiger partial charge in [-0.2, -0.15) is 26.3 Å². The van der Waals surface area contributed by atoms with Crippen molar-refractivity contribution < 1.29 is 49.9 Å². The number of allylic oxidation sites excluding steroid dienone is 1. The van der Waals surface area contributed by atoms with Gasteiger partial charge in [0.05, 0.1) is 11.7 Å². The molecule has 0 aliphatic heterocycles. The normalized spacial score (nSPS) is 35.1. The number of alkyl halides is 6. The highest BCUT2D eigenvalue weighted by Gasteiger charge is 2.69. The van der Waals surface area contributed by atoms with Crippen LogP contribution in [0, 0.1) is 22.7 Å². The van der Waals surface area contributed by atoms with Crippen LogP contribution in [0.3, 0.4) is 0 Å². The van der Waals surface area contributed by atoms with Crippen molar-refractivity contribution in [3.8, 4) is 0 Å². The Labute approximate surface area is 200 Å². The molecule has 0 saturated heterocycles. The van der Waals surface area contributed by atoms with E-state index in [2.05, 4.69) is 0 Å². The van der Waals surface area contributed by atoms with Gasteiger partial charge in [-0.25, -0.2) is 0 Å². The van der Waals surface area contributed by atoms with Crippen LogP contribution < -0.4 is 0 Å². The van der Waals surface area contributed by atoms with Crippen LogP contribution in [-0.4, -0.2) is 45.0 Å². The van der Waals surface area contributed by atoms with Crippen LogP contribution in [0.25, 0.3) is 0 Å². The van der Waals surface area contributed by atoms with E-state index in [4.69, 9.17) is 8.22 Å². The van der Waals surface area contributed by atoms with Crippen molar-refractivity contribution in [2.45, 2.75) is 115 Å². The van der Waals surface area contributed by atoms with E-state index in [1.54, 1.807) is 6.92 Å². The first-order chi connectivity index (χ1) is 17.3. The average Bonchev–Trinajstić information content (AvgIpc) is 3.09. The molecule has 0 aromatic rings. The van der Waals surface area contributed by atoms with Crippen molar-refractivity contribution in [1.82, 2.24) is 0 Å². The van der Waals surface area contributed by atoms with E-state index in [-0.39, 0.29) is 37.2 Å². The van der Waals surface area contributed by atoms with Crippen LogP contribution in [0.2, 0.25) is 0 Å². The molecule has 194 valence electrons. The van der Waals surface area contributed by atoms with Crippen molar-refractivity contribution in [3.63, 3.8) is 0 Å². The van der Waals surface area contributed by atoms with Gasteiger partial charge in [-0.3, -0.25) is 0 Å². The zero-order valence-corrected chi connectivity index (χ0v) is 18.9. The average molecular weight is 495 g/mol. The van der Waals surface area contributed by atoms with E-state index in [9.17, 15) is 41.7 Å². The molecule has 0 aromatic carbocycles. The molecule has 9 heteroatoms. The van der Waals surface area contributed by atoms with Gasteiger partial charge < -0.3 is 15.3 Å². The van der Waals surface area contributed by atoms with Crippen LogP contribution >= 0.6 is 0 Å². The molecule has 0 aromatic heterocycles. The number of hydrogen-bond acceptors (Lipinski definition) is 3. The summed E-state index contributed by atoms with van der Waals surface area (Å²) in [6.45, 7) is -3.01. The highest BCUT2D eigenvalue weighted by molar-refractivity contribution is 5.13. The third-order valence-corrected chi connectivity index (χ3v) is 8.02. The van der Waals surface area contributed by atoms with Gasteiger partial charge in [0.25, 0.3) is 5.60 Å². The van der Waals surface area contributed by atoms with Gasteiger partial charge in [-0.1, -0.05) is 32.8 Å². The quantitative estimate of drug-likeness (QED) is 0.274. The highest BCUT2D eigenvalue weighted by atomic mass is 19.4. The maximum Gasteiger partial charge on any atom is 0.429 e. The predicted octanol–water partition coefficient (Wildman–Crippen LogP) is 6.31. The Balaban J connectivity index is 2.45. The minimum atomic E-state index is -6.04. The SMILES string of the molecule is [2H]C([2H])([2H])C(O)(CCC[C@@](C)(CC=CC(O)(C(F)(F)F)C(F)(F)F)[C@H]1CC[C@H]2[C@@H](O)CCC[C@]12C)C([2H])([2H])[2H]. The van der Waals surface area contributed by atoms with Crippen LogP contribution in [-0.2, 0) is 0 Å². The zero-order valence-electron chi connectivity index (χ0n) is 24.9. The molecule has 2 aliphatic carbocycles. The van der Waals surface area contributed by atoms with Crippen molar-refractivity contribution in [2.75, 3.05) is 0 Å². The largest absolute Gasteiger partial charge is 0.429 e. The summed E-state index contributed by atoms with van der Waals surface area (Å²) in [6, 6.07) is 0. The zero-order chi connectivity index (χ0) is 30.5. The molecule has 0 amide bonds. The standard InChI is InChI=1S/C24H38F6O3/c1-19(2,32)11-6-12-20(3,13-7-15-22(33,23(25,26)27)24(28,29)30)18-10-9-16-17(31)8-5-14-21(16,18)4/h7,15-18,31-33H,5-6,8-14H2,1-4H3/t16-,17-,18+,20-,21-/m0/s1/i1D3,2D3. The lowest BCUT2D eigenvalue weighted by Gasteiger charge is -2.50. The number of fused-ring (bicyclic) bond motifs is 1. The van der Waals surface area contributed by atoms with Gasteiger partial charge in [0.15, 0.2) is 0 Å². The molecule has 0 heterocycles. The van der Waals surface area contributed by atoms with Crippen LogP contribution in [0.5, 0.6) is 0 Å². The topological polar surface area (TPSA) is 60.7 Å². The molecule has 3 nitrogen and oxygen atoms in total. The first-order valence-electron chi connectivity index (χ1n) is 14.2. The smallest absolute Gasteiger partial charge is 0.393 e. The molecule has 2 fully saturated rings. The second kappa shape index (κ2) is 9.34. The highest BCUT2D eigenvalue weighted by Crippen LogP contribution is 2.62. The Morgan fingerprint density at radius 2 is 1.61 bits per heavy atom. The van der Waals surface area contributed by atoms with E-state index in [0.29, 0.717) is 38.2 Å². The first kappa shape index (κ1) is 20.4. The van der Waals surface area contributed by atoms with E-state index in [1.807, 2.05) is 6.92 Å². The van der Waals surface area contributed by atoms with E-state index >= 15 is 0 Å². The molecule has 2 aliphatic rings. The fourth-order valence-corrected chi connectivity index (χ4v) is 6.31. The summed E-state index contributed by atoms with van der Waals surface area (Å²) >= 11 is 0. The van der Waals surface area contributed by atoms with E-state index in [1.165, 1.54) is 0 Å². The van der Waals surface area contributed by atoms with Crippen LogP contribution in [0.1, 0.15) is 93.6 Å². The summed E-state index contributed by atoms with van der Waals surface area (Å²) < 4.78 is 125. The Morgan fingerprint density at radius 1 is 1.00 bits per heavy atom. The fourth-order valence-electron chi connectivity index (χ4n) is 6.31.